The van der Waals surface area contributed by atoms with Crippen LogP contribution < -0.4 is 10.5 Å². The van der Waals surface area contributed by atoms with Crippen LogP contribution in [0.5, 0.6) is 0 Å². The number of nitrogens with zero attached hydrogens (tertiary/aromatic N) is 1. The molecule has 2 aromatic rings. The van der Waals surface area contributed by atoms with Gasteiger partial charge >= 0.3 is 0 Å². The number of sulfonamides is 1. The van der Waals surface area contributed by atoms with E-state index in [4.69, 9.17) is 5.73 Å². The maximum atomic E-state index is 12.0. The average molecular weight is 291 g/mol. The summed E-state index contributed by atoms with van der Waals surface area (Å²) in [4.78, 5) is 4.05. The van der Waals surface area contributed by atoms with Gasteiger partial charge in [0.15, 0.2) is 0 Å². The molecule has 0 atom stereocenters. The quantitative estimate of drug-likeness (QED) is 0.879. The van der Waals surface area contributed by atoms with Gasteiger partial charge in [-0.1, -0.05) is 24.3 Å². The summed E-state index contributed by atoms with van der Waals surface area (Å²) in [5.41, 5.74) is 8.50. The highest BCUT2D eigenvalue weighted by Crippen LogP contribution is 2.13. The van der Waals surface area contributed by atoms with Crippen molar-refractivity contribution in [1.29, 1.82) is 0 Å². The zero-order valence-corrected chi connectivity index (χ0v) is 12.0. The van der Waals surface area contributed by atoms with Gasteiger partial charge in [-0.2, -0.15) is 0 Å². The van der Waals surface area contributed by atoms with Crippen molar-refractivity contribution in [1.82, 2.24) is 4.98 Å². The second kappa shape index (κ2) is 6.02. The van der Waals surface area contributed by atoms with E-state index in [9.17, 15) is 8.42 Å². The first-order valence-corrected chi connectivity index (χ1v) is 7.85. The van der Waals surface area contributed by atoms with Crippen LogP contribution in [-0.2, 0) is 22.3 Å². The normalized spacial score (nSPS) is 11.3. The average Bonchev–Trinajstić information content (AvgIpc) is 2.41. The van der Waals surface area contributed by atoms with Gasteiger partial charge < -0.3 is 5.73 Å². The van der Waals surface area contributed by atoms with Crippen molar-refractivity contribution in [2.45, 2.75) is 19.2 Å². The molecule has 0 unspecified atom stereocenters. The fourth-order valence-corrected chi connectivity index (χ4v) is 2.92. The van der Waals surface area contributed by atoms with Gasteiger partial charge in [0.25, 0.3) is 0 Å². The molecule has 0 saturated carbocycles. The van der Waals surface area contributed by atoms with Crippen LogP contribution in [0.15, 0.2) is 42.6 Å². The number of benzene rings is 1. The molecule has 5 nitrogen and oxygen atoms in total. The van der Waals surface area contributed by atoms with Crippen molar-refractivity contribution in [3.63, 3.8) is 0 Å². The van der Waals surface area contributed by atoms with Gasteiger partial charge in [-0.25, -0.2) is 8.42 Å². The van der Waals surface area contributed by atoms with Crippen LogP contribution in [-0.4, -0.2) is 13.4 Å². The minimum atomic E-state index is -3.44. The summed E-state index contributed by atoms with van der Waals surface area (Å²) in [6.45, 7) is 2.29. The molecule has 106 valence electrons. The number of aryl methyl sites for hydroxylation is 1. The van der Waals surface area contributed by atoms with E-state index in [0.29, 0.717) is 12.2 Å². The number of anilines is 1. The molecular weight excluding hydrogens is 274 g/mol. The summed E-state index contributed by atoms with van der Waals surface area (Å²) < 4.78 is 26.6. The van der Waals surface area contributed by atoms with Crippen LogP contribution in [0, 0.1) is 6.92 Å². The maximum Gasteiger partial charge on any atom is 0.236 e. The van der Waals surface area contributed by atoms with Gasteiger partial charge in [0, 0.05) is 12.2 Å². The highest BCUT2D eigenvalue weighted by molar-refractivity contribution is 7.91. The van der Waals surface area contributed by atoms with Gasteiger partial charge in [-0.15, -0.1) is 0 Å². The number of hydrogen-bond donors (Lipinski definition) is 2. The van der Waals surface area contributed by atoms with Crippen LogP contribution in [0.4, 0.5) is 5.69 Å². The third kappa shape index (κ3) is 4.04. The molecule has 1 heterocycles. The van der Waals surface area contributed by atoms with E-state index in [1.165, 1.54) is 6.20 Å². The number of nitrogens with one attached hydrogen (secondary N) is 1. The van der Waals surface area contributed by atoms with Crippen molar-refractivity contribution in [2.75, 3.05) is 4.72 Å². The Morgan fingerprint density at radius 1 is 1.10 bits per heavy atom. The highest BCUT2D eigenvalue weighted by atomic mass is 32.2. The fourth-order valence-electron chi connectivity index (χ4n) is 1.73. The van der Waals surface area contributed by atoms with Crippen molar-refractivity contribution < 1.29 is 8.42 Å². The molecule has 0 spiro atoms. The monoisotopic (exact) mass is 291 g/mol. The van der Waals surface area contributed by atoms with Crippen LogP contribution in [0.3, 0.4) is 0 Å². The summed E-state index contributed by atoms with van der Waals surface area (Å²) in [5.74, 6) is -0.0777. The van der Waals surface area contributed by atoms with Gasteiger partial charge in [-0.05, 0) is 30.2 Å². The maximum absolute atomic E-state index is 12.0. The number of pyridine rings is 1. The molecule has 1 aromatic carbocycles. The summed E-state index contributed by atoms with van der Waals surface area (Å²) in [7, 11) is -3.44. The van der Waals surface area contributed by atoms with Crippen LogP contribution >= 0.6 is 0 Å². The van der Waals surface area contributed by atoms with Gasteiger partial charge in [0.1, 0.15) is 0 Å². The molecule has 3 N–H and O–H groups in total. The van der Waals surface area contributed by atoms with Crippen LogP contribution in [0.1, 0.15) is 16.8 Å². The molecule has 0 fully saturated rings. The van der Waals surface area contributed by atoms with E-state index in [1.807, 2.05) is 19.1 Å². The molecular formula is C14H17N3O2S. The summed E-state index contributed by atoms with van der Waals surface area (Å²) in [6, 6.07) is 10.7. The Morgan fingerprint density at radius 2 is 1.75 bits per heavy atom. The minimum absolute atomic E-state index is 0.0777. The molecule has 0 bridgehead atoms. The van der Waals surface area contributed by atoms with Crippen molar-refractivity contribution in [3.8, 4) is 0 Å². The van der Waals surface area contributed by atoms with Crippen molar-refractivity contribution >= 4 is 15.7 Å². The minimum Gasteiger partial charge on any atom is -0.326 e. The summed E-state index contributed by atoms with van der Waals surface area (Å²) in [6.07, 6.45) is 1.50. The summed E-state index contributed by atoms with van der Waals surface area (Å²) in [5, 5.41) is 0. The molecule has 0 radical (unpaired) electrons. The predicted octanol–water partition coefficient (Wildman–Crippen LogP) is 1.79. The molecule has 0 aliphatic carbocycles. The number of hydrogen-bond acceptors (Lipinski definition) is 4. The Balaban J connectivity index is 2.08. The largest absolute Gasteiger partial charge is 0.326 e. The van der Waals surface area contributed by atoms with Crippen molar-refractivity contribution in [2.24, 2.45) is 5.73 Å². The van der Waals surface area contributed by atoms with Crippen LogP contribution in [0.2, 0.25) is 0 Å². The molecule has 1 aromatic heterocycles. The van der Waals surface area contributed by atoms with E-state index in [0.717, 1.165) is 16.8 Å². The lowest BCUT2D eigenvalue weighted by molar-refractivity contribution is 0.600. The first-order chi connectivity index (χ1) is 9.48. The lowest BCUT2D eigenvalue weighted by Gasteiger charge is -2.08. The van der Waals surface area contributed by atoms with Crippen molar-refractivity contribution in [3.05, 3.63) is 59.4 Å². The van der Waals surface area contributed by atoms with E-state index in [1.54, 1.807) is 24.3 Å². The van der Waals surface area contributed by atoms with E-state index in [-0.39, 0.29) is 5.75 Å². The Bertz CT molecular complexity index is 665. The number of nitrogens with two attached hydrogens (primary N) is 1. The van der Waals surface area contributed by atoms with Gasteiger partial charge in [-0.3, -0.25) is 9.71 Å². The fraction of sp³-hybridized carbons (Fsp3) is 0.214. The highest BCUT2D eigenvalue weighted by Gasteiger charge is 2.11. The topological polar surface area (TPSA) is 85.1 Å². The smallest absolute Gasteiger partial charge is 0.236 e. The molecule has 0 saturated heterocycles. The SMILES string of the molecule is Cc1ccc(NS(=O)(=O)Cc2ccc(CN)cc2)cn1. The Labute approximate surface area is 118 Å². The molecule has 2 rings (SSSR count). The Hall–Kier alpha value is -1.92. The van der Waals surface area contributed by atoms with E-state index >= 15 is 0 Å². The molecule has 0 aliphatic rings. The zero-order valence-electron chi connectivity index (χ0n) is 11.2. The Morgan fingerprint density at radius 3 is 2.30 bits per heavy atom. The lowest BCUT2D eigenvalue weighted by Crippen LogP contribution is -2.15. The molecule has 0 amide bonds. The second-order valence-electron chi connectivity index (χ2n) is 4.57. The molecule has 0 aliphatic heterocycles. The van der Waals surface area contributed by atoms with Gasteiger partial charge in [0.2, 0.25) is 10.0 Å². The van der Waals surface area contributed by atoms with Crippen LogP contribution in [0.25, 0.3) is 0 Å². The number of rotatable bonds is 5. The van der Waals surface area contributed by atoms with E-state index in [2.05, 4.69) is 9.71 Å². The lowest BCUT2D eigenvalue weighted by atomic mass is 10.1. The third-order valence-corrected chi connectivity index (χ3v) is 4.06. The second-order valence-corrected chi connectivity index (χ2v) is 6.29. The Kier molecular flexibility index (Phi) is 4.36. The summed E-state index contributed by atoms with van der Waals surface area (Å²) >= 11 is 0. The van der Waals surface area contributed by atoms with E-state index < -0.39 is 10.0 Å². The standard InChI is InChI=1S/C14H17N3O2S/c1-11-2-7-14(9-16-11)17-20(18,19)10-13-5-3-12(8-15)4-6-13/h2-7,9,17H,8,10,15H2,1H3. The first-order valence-electron chi connectivity index (χ1n) is 6.19. The first kappa shape index (κ1) is 14.5. The van der Waals surface area contributed by atoms with Gasteiger partial charge in [0.05, 0.1) is 17.6 Å². The zero-order chi connectivity index (χ0) is 14.6. The number of aromatic nitrogens is 1. The third-order valence-electron chi connectivity index (χ3n) is 2.80. The molecule has 20 heavy (non-hydrogen) atoms. The predicted molar refractivity (Wildman–Crippen MR) is 79.6 cm³/mol. The molecule has 6 heteroatoms.